The Morgan fingerprint density at radius 3 is 1.47 bits per heavy atom. The summed E-state index contributed by atoms with van der Waals surface area (Å²) < 4.78 is 64.3. The van der Waals surface area contributed by atoms with Gasteiger partial charge in [0.15, 0.2) is 42.4 Å². The maximum Gasteiger partial charge on any atom is 0.355 e. The van der Waals surface area contributed by atoms with Gasteiger partial charge in [-0.3, -0.25) is 4.79 Å². The van der Waals surface area contributed by atoms with Gasteiger partial charge in [0.2, 0.25) is 0 Å². The quantitative estimate of drug-likeness (QED) is 0.00999. The van der Waals surface area contributed by atoms with Crippen LogP contribution in [-0.2, 0) is 87.9 Å². The number of ether oxygens (including phenoxy) is 11. The van der Waals surface area contributed by atoms with Gasteiger partial charge in [0, 0.05) is 44.2 Å². The van der Waals surface area contributed by atoms with E-state index >= 15 is 0 Å². The van der Waals surface area contributed by atoms with Gasteiger partial charge in [-0.15, -0.1) is 0 Å². The zero-order valence-electron chi connectivity index (χ0n) is 63.1. The van der Waals surface area contributed by atoms with E-state index in [2.05, 4.69) is 68.4 Å². The molecule has 30 heteroatoms. The molecule has 3 aromatic rings. The van der Waals surface area contributed by atoms with Crippen LogP contribution >= 0.6 is 22.8 Å². The number of benzene rings is 3. The van der Waals surface area contributed by atoms with Crippen LogP contribution in [0.5, 0.6) is 0 Å². The Morgan fingerprint density at radius 2 is 1.06 bits per heavy atom. The summed E-state index contributed by atoms with van der Waals surface area (Å²) in [6.07, 6.45) is 1.39. The Hall–Kier alpha value is -4.74. The van der Waals surface area contributed by atoms with Gasteiger partial charge in [-0.05, 0) is 138 Å². The molecule has 0 amide bonds. The van der Waals surface area contributed by atoms with Crippen molar-refractivity contribution in [3.05, 3.63) is 115 Å². The first-order chi connectivity index (χ1) is 49.0. The van der Waals surface area contributed by atoms with Gasteiger partial charge in [-0.1, -0.05) is 111 Å². The molecule has 0 spiro atoms. The van der Waals surface area contributed by atoms with E-state index in [1.165, 1.54) is 13.0 Å². The molecule has 3 aromatic carbocycles. The molecule has 7 rings (SSSR count). The van der Waals surface area contributed by atoms with Crippen molar-refractivity contribution in [3.63, 3.8) is 0 Å². The SMILES string of the molecule is C.C=C(C)OC.CC(=O)CCC[C@H](O)[C@H](O)CO.CC1(C)O[C@H]2CC(O)OC[C@H]2O1.CCO.CCOC(=O)/C=C/C[C@@H]1OC(C)(C)O[C@@H]1CO.CCOC(=O)C=P(c1ccccc1)(c1ccccc1)c1ccccc1.CCOC(=O)CCC[C@@H]1OC(C)(C)O[C@@H]1CO.O=CC[C@H](O)[C@H](O)CO.[3H][P+](P)=S. The van der Waals surface area contributed by atoms with E-state index in [1.807, 2.05) is 89.2 Å². The number of fused-ring (bicyclic) bond motifs is 1. The molecular weight excluding hydrogens is 1430 g/mol. The predicted molar refractivity (Wildman–Crippen MR) is 411 cm³/mol. The molecule has 104 heavy (non-hydrogen) atoms. The highest BCUT2D eigenvalue weighted by Crippen LogP contribution is 2.44. The fourth-order valence-corrected chi connectivity index (χ4v) is 13.4. The van der Waals surface area contributed by atoms with Crippen molar-refractivity contribution < 1.29 is 127 Å². The third-order valence-corrected chi connectivity index (χ3v) is 18.2. The Labute approximate surface area is 626 Å². The van der Waals surface area contributed by atoms with E-state index in [0.717, 1.165) is 21.7 Å². The highest BCUT2D eigenvalue weighted by molar-refractivity contribution is 8.24. The number of carbonyl (C=O) groups excluding carboxylic acids is 5. The normalized spacial score (nSPS) is 21.0. The van der Waals surface area contributed by atoms with Crippen LogP contribution in [0.1, 0.15) is 148 Å². The molecule has 0 aromatic heterocycles. The number of hydrogen-bond acceptors (Lipinski definition) is 27. The average Bonchev–Trinajstić information content (AvgIpc) is 0.979. The van der Waals surface area contributed by atoms with Gasteiger partial charge in [0.1, 0.15) is 42.6 Å². The van der Waals surface area contributed by atoms with Crippen molar-refractivity contribution in [1.82, 2.24) is 0 Å². The van der Waals surface area contributed by atoms with E-state index in [0.29, 0.717) is 84.1 Å². The fraction of sp³-hybridized carbons (Fsp3) is 0.622. The summed E-state index contributed by atoms with van der Waals surface area (Å²) in [4.78, 5) is 54.9. The Morgan fingerprint density at radius 1 is 0.654 bits per heavy atom. The molecule has 4 fully saturated rings. The summed E-state index contributed by atoms with van der Waals surface area (Å²) in [6, 6.07) is 30.7. The lowest BCUT2D eigenvalue weighted by molar-refractivity contribution is -0.167. The first-order valence-corrected chi connectivity index (χ1v) is 39.4. The lowest BCUT2D eigenvalue weighted by Crippen LogP contribution is -2.39. The first-order valence-electron chi connectivity index (χ1n) is 34.5. The van der Waals surface area contributed by atoms with Gasteiger partial charge in [0.25, 0.3) is 0 Å². The van der Waals surface area contributed by atoms with Crippen molar-refractivity contribution in [3.8, 4) is 0 Å². The summed E-state index contributed by atoms with van der Waals surface area (Å²) in [5, 5.41) is 90.4. The number of ketones is 1. The van der Waals surface area contributed by atoms with E-state index in [-0.39, 0.29) is 94.0 Å². The van der Waals surface area contributed by atoms with Gasteiger partial charge < -0.3 is 113 Å². The van der Waals surface area contributed by atoms with E-state index < -0.39 is 75.2 Å². The minimum Gasteiger partial charge on any atom is -0.502 e. The largest absolute Gasteiger partial charge is 0.502 e. The molecule has 0 radical (unpaired) electrons. The van der Waals surface area contributed by atoms with E-state index in [1.54, 1.807) is 60.5 Å². The summed E-state index contributed by atoms with van der Waals surface area (Å²) in [7, 11) is 3.80. The highest BCUT2D eigenvalue weighted by Gasteiger charge is 2.45. The van der Waals surface area contributed by atoms with Gasteiger partial charge in [-0.25, -0.2) is 9.59 Å². The van der Waals surface area contributed by atoms with E-state index in [4.69, 9.17) is 99.7 Å². The van der Waals surface area contributed by atoms with Gasteiger partial charge in [-0.2, -0.15) is 0 Å². The minimum absolute atomic E-state index is 0. The van der Waals surface area contributed by atoms with Crippen molar-refractivity contribution in [2.45, 2.75) is 233 Å². The number of methoxy groups -OCH3 is 1. The Balaban J connectivity index is -0.00000118. The number of hydrogen-bond donors (Lipinski definition) is 10. The molecule has 596 valence electrons. The third-order valence-electron chi connectivity index (χ3n) is 14.2. The number of aliphatic hydroxyl groups is 10. The van der Waals surface area contributed by atoms with Crippen LogP contribution in [0, 0.1) is 0 Å². The maximum absolute atomic E-state index is 12.5. The van der Waals surface area contributed by atoms with Crippen LogP contribution in [0.3, 0.4) is 0 Å². The van der Waals surface area contributed by atoms with Crippen molar-refractivity contribution >= 4 is 86.3 Å². The summed E-state index contributed by atoms with van der Waals surface area (Å²) >= 11 is 4.31. The van der Waals surface area contributed by atoms with Gasteiger partial charge in [0.05, 0.1) is 105 Å². The predicted octanol–water partition coefficient (Wildman–Crippen LogP) is 6.30. The molecule has 0 bridgehead atoms. The standard InChI is InChI=1S/C22H21O2P.C12H22O5.C12H20O5.C8H14O4.C8H16O4.C5H10O4.C4H8O.C2H6O.CH4.H2P2S/c1-2-24-22(23)18-25(19-12-6-3-7-13-19,20-14-8-4-9-15-20)21-16-10-5-11-17-21;2*1-4-15-11(14)7-5-6-9-10(8-13)17-12(2,3)16-9;1-8(2)11-5-3-7(9)10-4-6(5)12-8;1-6(10)3-2-4-7(11)8(12)5-9;6-2-1-4(8)5(9)3-7;1-4(2)5-3;1-2-3;;1-2-3/h3-18H,2H2,1H3;9-10,13H,4-8H2,1-3H3;5,7,9-10,13H,4,6,8H2,1-3H3;5-7,9H,3-4H2,1-2H3;7-9,11-12H,2-5H2,1H3;2,4-5,7-9H,1,3H2;1H2,2-3H3;3H,2H2,1H3;1H4;1H2/p+1/b;;7-5+;;;;;;;/t;2*9-,10+;5-,6+,7?;7-,8+;4-,5+;;;;/m.00000..../s1/i/hT. The fourth-order valence-electron chi connectivity index (χ4n) is 9.71. The molecule has 10 N–H and O–H groups in total. The number of allylic oxidation sites excluding steroid dienone is 1. The van der Waals surface area contributed by atoms with Crippen molar-refractivity contribution in [1.29, 1.82) is 1.28 Å². The highest BCUT2D eigenvalue weighted by atomic mass is 32.6. The molecule has 4 saturated heterocycles. The topological polar surface area (TPSA) is 389 Å². The maximum atomic E-state index is 12.5. The molecular formula is C74H124O26P3S+. The molecule has 4 aliphatic heterocycles. The molecule has 4 aliphatic rings. The molecule has 4 heterocycles. The molecule has 26 nitrogen and oxygen atoms in total. The summed E-state index contributed by atoms with van der Waals surface area (Å²) in [6.45, 7) is 22.4. The monoisotopic (exact) mass is 1560 g/mol. The van der Waals surface area contributed by atoms with Crippen molar-refractivity contribution in [2.75, 3.05) is 66.6 Å². The number of aliphatic hydroxyl groups excluding tert-OH is 10. The number of aldehydes is 1. The second-order valence-corrected chi connectivity index (χ2v) is 30.2. The van der Waals surface area contributed by atoms with Gasteiger partial charge >= 0.3 is 19.2 Å². The van der Waals surface area contributed by atoms with Crippen LogP contribution in [-0.4, -0.2) is 239 Å². The lowest BCUT2D eigenvalue weighted by Gasteiger charge is -2.28. The summed E-state index contributed by atoms with van der Waals surface area (Å²) in [5.74, 6) is -0.0626. The van der Waals surface area contributed by atoms with Crippen molar-refractivity contribution in [2.24, 2.45) is 0 Å². The first kappa shape index (κ1) is 101. The minimum atomic E-state index is -2.24. The van der Waals surface area contributed by atoms with Crippen LogP contribution in [0.25, 0.3) is 0 Å². The number of rotatable bonds is 27. The zero-order chi connectivity index (χ0) is 79.5. The third kappa shape index (κ3) is 45.2. The molecule has 0 saturated carbocycles. The van der Waals surface area contributed by atoms with E-state index in [9.17, 15) is 24.0 Å². The lowest BCUT2D eigenvalue weighted by atomic mass is 10.1. The second-order valence-electron chi connectivity index (χ2n) is 24.2. The van der Waals surface area contributed by atoms with Crippen LogP contribution < -0.4 is 15.9 Å². The average molecular weight is 1560 g/mol. The second kappa shape index (κ2) is 59.2. The van der Waals surface area contributed by atoms with Crippen LogP contribution in [0.15, 0.2) is 115 Å². The zero-order valence-corrected chi connectivity index (χ0v) is 65.9. The van der Waals surface area contributed by atoms with Crippen LogP contribution in [0.4, 0.5) is 0 Å². The summed E-state index contributed by atoms with van der Waals surface area (Å²) in [5.41, 5.74) is 0. The number of esters is 3. The molecule has 3 unspecified atom stereocenters. The molecule has 0 aliphatic carbocycles. The Bertz CT molecular complexity index is 2790. The Kier molecular flexibility index (Phi) is 57.7. The number of Topliss-reactive ketones (excluding diaryl/α,β-unsaturated/α-hetero) is 1. The molecule has 13 atom stereocenters. The van der Waals surface area contributed by atoms with Crippen LogP contribution in [0.2, 0.25) is 0 Å². The smallest absolute Gasteiger partial charge is 0.355 e. The number of carbonyl (C=O) groups is 5.